The monoisotopic (exact) mass is 285 g/mol. The van der Waals surface area contributed by atoms with Gasteiger partial charge in [0.2, 0.25) is 5.78 Å². The zero-order valence-electron chi connectivity index (χ0n) is 9.79. The minimum absolute atomic E-state index is 0.0608. The Balaban J connectivity index is 2.41. The van der Waals surface area contributed by atoms with E-state index in [2.05, 4.69) is 4.98 Å². The van der Waals surface area contributed by atoms with E-state index < -0.39 is 23.3 Å². The number of nitrogens with one attached hydrogen (secondary N) is 1. The van der Waals surface area contributed by atoms with Crippen molar-refractivity contribution in [3.05, 3.63) is 47.5 Å². The minimum atomic E-state index is -4.63. The van der Waals surface area contributed by atoms with Crippen molar-refractivity contribution in [1.29, 1.82) is 0 Å². The molecule has 3 nitrogen and oxygen atoms in total. The van der Waals surface area contributed by atoms with Gasteiger partial charge < -0.3 is 4.98 Å². The molecule has 1 aromatic carbocycles. The van der Waals surface area contributed by atoms with Crippen LogP contribution in [0.4, 0.5) is 17.6 Å². The van der Waals surface area contributed by atoms with E-state index in [1.54, 1.807) is 0 Å². The second kappa shape index (κ2) is 4.92. The molecule has 0 aliphatic heterocycles. The van der Waals surface area contributed by atoms with Gasteiger partial charge in [-0.25, -0.2) is 4.39 Å². The molecule has 0 saturated carbocycles. The van der Waals surface area contributed by atoms with Crippen LogP contribution in [-0.4, -0.2) is 17.1 Å². The number of aromatic amines is 1. The van der Waals surface area contributed by atoms with Crippen LogP contribution < -0.4 is 0 Å². The molecule has 20 heavy (non-hydrogen) atoms. The first kappa shape index (κ1) is 14.0. The summed E-state index contributed by atoms with van der Waals surface area (Å²) in [6, 6.07) is 3.29. The van der Waals surface area contributed by atoms with Crippen molar-refractivity contribution in [2.24, 2.45) is 0 Å². The Bertz CT molecular complexity index is 673. The molecule has 2 aromatic rings. The van der Waals surface area contributed by atoms with E-state index in [0.717, 1.165) is 12.1 Å². The first-order chi connectivity index (χ1) is 9.32. The van der Waals surface area contributed by atoms with Gasteiger partial charge in [0.15, 0.2) is 6.29 Å². The van der Waals surface area contributed by atoms with Crippen molar-refractivity contribution < 1.29 is 27.2 Å². The van der Waals surface area contributed by atoms with Gasteiger partial charge in [-0.1, -0.05) is 6.07 Å². The summed E-state index contributed by atoms with van der Waals surface area (Å²) in [5.74, 6) is -1.90. The second-order valence-corrected chi connectivity index (χ2v) is 3.98. The fourth-order valence-electron chi connectivity index (χ4n) is 1.68. The summed E-state index contributed by atoms with van der Waals surface area (Å²) in [5, 5.41) is 0. The Morgan fingerprint density at radius 1 is 1.20 bits per heavy atom. The Hall–Kier alpha value is -2.44. The number of hydrogen-bond acceptors (Lipinski definition) is 2. The van der Waals surface area contributed by atoms with Gasteiger partial charge in [0.05, 0.1) is 11.3 Å². The molecule has 7 heteroatoms. The van der Waals surface area contributed by atoms with Crippen LogP contribution in [0.2, 0.25) is 0 Å². The number of ketones is 1. The van der Waals surface area contributed by atoms with Gasteiger partial charge in [0.25, 0.3) is 0 Å². The summed E-state index contributed by atoms with van der Waals surface area (Å²) in [6.45, 7) is 0. The highest BCUT2D eigenvalue weighted by atomic mass is 19.4. The SMILES string of the molecule is O=CC(=O)c1cc(-c2ccc(C(F)(F)F)cc2F)c[nH]1. The average molecular weight is 285 g/mol. The normalized spacial score (nSPS) is 11.4. The van der Waals surface area contributed by atoms with Crippen LogP contribution in [0, 0.1) is 5.82 Å². The van der Waals surface area contributed by atoms with Crippen LogP contribution in [0.15, 0.2) is 30.5 Å². The first-order valence-electron chi connectivity index (χ1n) is 5.38. The number of alkyl halides is 3. The maximum absolute atomic E-state index is 13.7. The van der Waals surface area contributed by atoms with E-state index in [9.17, 15) is 27.2 Å². The summed E-state index contributed by atoms with van der Waals surface area (Å²) in [5.41, 5.74) is -1.08. The Morgan fingerprint density at radius 3 is 2.45 bits per heavy atom. The lowest BCUT2D eigenvalue weighted by Gasteiger charge is -2.08. The van der Waals surface area contributed by atoms with Crippen molar-refractivity contribution in [2.75, 3.05) is 0 Å². The summed E-state index contributed by atoms with van der Waals surface area (Å²) in [7, 11) is 0. The third-order valence-corrected chi connectivity index (χ3v) is 2.66. The average Bonchev–Trinajstić information content (AvgIpc) is 2.86. The molecule has 0 spiro atoms. The molecular weight excluding hydrogens is 278 g/mol. The predicted molar refractivity (Wildman–Crippen MR) is 61.6 cm³/mol. The minimum Gasteiger partial charge on any atom is -0.358 e. The number of H-pyrrole nitrogens is 1. The van der Waals surface area contributed by atoms with Gasteiger partial charge in [0, 0.05) is 17.3 Å². The number of benzene rings is 1. The fraction of sp³-hybridized carbons (Fsp3) is 0.0769. The van der Waals surface area contributed by atoms with Crippen LogP contribution in [0.5, 0.6) is 0 Å². The third kappa shape index (κ3) is 2.61. The quantitative estimate of drug-likeness (QED) is 0.407. The predicted octanol–water partition coefficient (Wildman–Crippen LogP) is 3.22. The number of hydrogen-bond donors (Lipinski definition) is 1. The van der Waals surface area contributed by atoms with Gasteiger partial charge >= 0.3 is 6.18 Å². The van der Waals surface area contributed by atoms with Crippen molar-refractivity contribution >= 4 is 12.1 Å². The van der Waals surface area contributed by atoms with E-state index in [1.165, 1.54) is 12.3 Å². The number of aromatic nitrogens is 1. The molecule has 1 N–H and O–H groups in total. The molecule has 104 valence electrons. The highest BCUT2D eigenvalue weighted by molar-refractivity contribution is 6.32. The van der Waals surface area contributed by atoms with E-state index in [-0.39, 0.29) is 23.1 Å². The highest BCUT2D eigenvalue weighted by Gasteiger charge is 2.31. The maximum Gasteiger partial charge on any atom is 0.416 e. The van der Waals surface area contributed by atoms with Gasteiger partial charge in [-0.2, -0.15) is 13.2 Å². The van der Waals surface area contributed by atoms with Crippen LogP contribution in [0.3, 0.4) is 0 Å². The largest absolute Gasteiger partial charge is 0.416 e. The molecule has 0 aliphatic rings. The lowest BCUT2D eigenvalue weighted by atomic mass is 10.1. The lowest BCUT2D eigenvalue weighted by molar-refractivity contribution is -0.137. The zero-order valence-corrected chi connectivity index (χ0v) is 9.79. The smallest absolute Gasteiger partial charge is 0.358 e. The molecule has 0 amide bonds. The fourth-order valence-corrected chi connectivity index (χ4v) is 1.68. The summed E-state index contributed by atoms with van der Waals surface area (Å²) >= 11 is 0. The van der Waals surface area contributed by atoms with E-state index in [1.807, 2.05) is 0 Å². The van der Waals surface area contributed by atoms with Crippen LogP contribution in [0.1, 0.15) is 16.1 Å². The van der Waals surface area contributed by atoms with Crippen molar-refractivity contribution in [3.8, 4) is 11.1 Å². The summed E-state index contributed by atoms with van der Waals surface area (Å²) in [6.07, 6.45) is -3.31. The molecule has 0 radical (unpaired) electrons. The van der Waals surface area contributed by atoms with E-state index in [4.69, 9.17) is 0 Å². The number of rotatable bonds is 3. The topological polar surface area (TPSA) is 49.9 Å². The summed E-state index contributed by atoms with van der Waals surface area (Å²) in [4.78, 5) is 23.8. The van der Waals surface area contributed by atoms with Crippen molar-refractivity contribution in [3.63, 3.8) is 0 Å². The molecule has 0 saturated heterocycles. The highest BCUT2D eigenvalue weighted by Crippen LogP contribution is 2.32. The molecule has 0 aliphatic carbocycles. The molecule has 0 fully saturated rings. The third-order valence-electron chi connectivity index (χ3n) is 2.66. The Labute approximate surface area is 110 Å². The number of carbonyl (C=O) groups is 2. The molecule has 1 heterocycles. The van der Waals surface area contributed by atoms with Gasteiger partial charge in [-0.15, -0.1) is 0 Å². The van der Waals surface area contributed by atoms with Crippen LogP contribution >= 0.6 is 0 Å². The number of aldehydes is 1. The maximum atomic E-state index is 13.7. The molecule has 0 unspecified atom stereocenters. The molecular formula is C13H7F4NO2. The molecule has 1 aromatic heterocycles. The van der Waals surface area contributed by atoms with Crippen LogP contribution in [-0.2, 0) is 11.0 Å². The molecule has 0 atom stereocenters. The van der Waals surface area contributed by atoms with Gasteiger partial charge in [0.1, 0.15) is 5.82 Å². The lowest BCUT2D eigenvalue weighted by Crippen LogP contribution is -2.05. The zero-order chi connectivity index (χ0) is 14.9. The summed E-state index contributed by atoms with van der Waals surface area (Å²) < 4.78 is 50.9. The number of Topliss-reactive ketones (excluding diaryl/α,β-unsaturated/α-hetero) is 1. The Morgan fingerprint density at radius 2 is 1.90 bits per heavy atom. The van der Waals surface area contributed by atoms with Crippen molar-refractivity contribution in [1.82, 2.24) is 4.98 Å². The van der Waals surface area contributed by atoms with Gasteiger partial charge in [-0.3, -0.25) is 9.59 Å². The van der Waals surface area contributed by atoms with E-state index in [0.29, 0.717) is 6.07 Å². The first-order valence-corrected chi connectivity index (χ1v) is 5.38. The molecule has 2 rings (SSSR count). The number of carbonyl (C=O) groups excluding carboxylic acids is 2. The van der Waals surface area contributed by atoms with Crippen LogP contribution in [0.25, 0.3) is 11.1 Å². The molecule has 0 bridgehead atoms. The Kier molecular flexibility index (Phi) is 3.44. The van der Waals surface area contributed by atoms with Gasteiger partial charge in [-0.05, 0) is 18.2 Å². The van der Waals surface area contributed by atoms with E-state index >= 15 is 0 Å². The van der Waals surface area contributed by atoms with Crippen molar-refractivity contribution in [2.45, 2.75) is 6.18 Å². The second-order valence-electron chi connectivity index (χ2n) is 3.98. The number of halogens is 4. The standard InChI is InChI=1S/C13H7F4NO2/c14-10-4-8(13(15,16)17)1-2-9(10)7-3-11(18-5-7)12(20)6-19/h1-6,18H.